The summed E-state index contributed by atoms with van der Waals surface area (Å²) in [6, 6.07) is 5.06. The number of oxime groups is 1. The lowest BCUT2D eigenvalue weighted by Gasteiger charge is -2.13. The number of nitrogens with zero attached hydrogens (tertiary/aromatic N) is 1. The summed E-state index contributed by atoms with van der Waals surface area (Å²) in [5, 5.41) is 4.81. The van der Waals surface area contributed by atoms with Crippen LogP contribution in [0.3, 0.4) is 0 Å². The number of carbonyl (C=O) groups excluding carboxylic acids is 1. The predicted octanol–water partition coefficient (Wildman–Crippen LogP) is 4.43. The molecule has 1 N–H and O–H groups in total. The lowest BCUT2D eigenvalue weighted by Crippen LogP contribution is -2.24. The van der Waals surface area contributed by atoms with E-state index in [1.54, 1.807) is 0 Å². The summed E-state index contributed by atoms with van der Waals surface area (Å²) >= 11 is 0. The molecule has 0 aromatic heterocycles. The molecule has 11 heteroatoms. The monoisotopic (exact) mass is 422 g/mol. The minimum Gasteiger partial charge on any atom is -0.389 e. The largest absolute Gasteiger partial charge is 0.389 e. The zero-order valence-corrected chi connectivity index (χ0v) is 14.7. The maximum atomic E-state index is 13.6. The fourth-order valence-corrected chi connectivity index (χ4v) is 2.12. The van der Waals surface area contributed by atoms with Gasteiger partial charge in [0.25, 0.3) is 5.91 Å². The summed E-state index contributed by atoms with van der Waals surface area (Å²) in [5.41, 5.74) is -1.63. The van der Waals surface area contributed by atoms with Gasteiger partial charge in [-0.3, -0.25) is 4.79 Å². The van der Waals surface area contributed by atoms with Crippen LogP contribution in [0.4, 0.5) is 36.4 Å². The van der Waals surface area contributed by atoms with Crippen molar-refractivity contribution >= 4 is 17.3 Å². The summed E-state index contributed by atoms with van der Waals surface area (Å²) < 4.78 is 92.4. The van der Waals surface area contributed by atoms with Crippen LogP contribution in [-0.4, -0.2) is 24.4 Å². The second kappa shape index (κ2) is 9.39. The number of benzene rings is 2. The molecule has 0 bridgehead atoms. The van der Waals surface area contributed by atoms with Gasteiger partial charge in [0.15, 0.2) is 29.4 Å². The Balaban J connectivity index is 2.09. The molecular weight excluding hydrogens is 409 g/mol. The van der Waals surface area contributed by atoms with Gasteiger partial charge in [-0.15, -0.1) is 0 Å². The van der Waals surface area contributed by atoms with Crippen LogP contribution in [0.2, 0.25) is 0 Å². The van der Waals surface area contributed by atoms with Gasteiger partial charge >= 0.3 is 0 Å². The molecule has 2 aromatic rings. The fraction of sp³-hybridized carbons (Fsp3) is 0.222. The first-order valence-electron chi connectivity index (χ1n) is 7.99. The predicted molar refractivity (Wildman–Crippen MR) is 88.9 cm³/mol. The van der Waals surface area contributed by atoms with Gasteiger partial charge in [0.2, 0.25) is 5.82 Å². The molecule has 0 saturated carbocycles. The highest BCUT2D eigenvalue weighted by atomic mass is 19.2. The van der Waals surface area contributed by atoms with Gasteiger partial charge in [0.05, 0.1) is 0 Å². The van der Waals surface area contributed by atoms with Crippen LogP contribution < -0.4 is 5.32 Å². The van der Waals surface area contributed by atoms with Gasteiger partial charge in [0.1, 0.15) is 23.9 Å². The first kappa shape index (κ1) is 22.2. The summed E-state index contributed by atoms with van der Waals surface area (Å²) in [7, 11) is 0. The molecule has 0 spiro atoms. The average molecular weight is 422 g/mol. The zero-order chi connectivity index (χ0) is 21.7. The van der Waals surface area contributed by atoms with Crippen LogP contribution in [0.1, 0.15) is 12.5 Å². The van der Waals surface area contributed by atoms with E-state index in [4.69, 9.17) is 4.84 Å². The Morgan fingerprint density at radius 2 is 1.48 bits per heavy atom. The third kappa shape index (κ3) is 5.24. The minimum absolute atomic E-state index is 0.0349. The molecule has 0 heterocycles. The van der Waals surface area contributed by atoms with Gasteiger partial charge in [0, 0.05) is 6.42 Å². The van der Waals surface area contributed by atoms with Crippen molar-refractivity contribution in [2.75, 3.05) is 12.0 Å². The molecule has 0 saturated heterocycles. The molecule has 156 valence electrons. The van der Waals surface area contributed by atoms with Crippen LogP contribution in [0.25, 0.3) is 0 Å². The second-order valence-electron chi connectivity index (χ2n) is 5.79. The Hall–Kier alpha value is -3.11. The molecule has 4 nitrogen and oxygen atoms in total. The minimum atomic E-state index is -2.38. The topological polar surface area (TPSA) is 50.7 Å². The highest BCUT2D eigenvalue weighted by molar-refractivity contribution is 6.42. The van der Waals surface area contributed by atoms with E-state index in [9.17, 15) is 35.5 Å². The number of hydrogen-bond acceptors (Lipinski definition) is 3. The van der Waals surface area contributed by atoms with Gasteiger partial charge < -0.3 is 10.2 Å². The normalized spacial score (nSPS) is 12.6. The number of anilines is 1. The molecule has 0 radical (unpaired) electrons. The van der Waals surface area contributed by atoms with E-state index in [0.29, 0.717) is 5.56 Å². The van der Waals surface area contributed by atoms with Crippen molar-refractivity contribution in [2.24, 2.45) is 5.16 Å². The van der Waals surface area contributed by atoms with Crippen LogP contribution >= 0.6 is 0 Å². The van der Waals surface area contributed by atoms with E-state index in [-0.39, 0.29) is 6.42 Å². The van der Waals surface area contributed by atoms with E-state index < -0.39 is 65.0 Å². The number of alkyl halides is 1. The highest BCUT2D eigenvalue weighted by Gasteiger charge is 2.27. The lowest BCUT2D eigenvalue weighted by molar-refractivity contribution is -0.110. The highest BCUT2D eigenvalue weighted by Crippen LogP contribution is 2.27. The first-order valence-corrected chi connectivity index (χ1v) is 7.99. The zero-order valence-electron chi connectivity index (χ0n) is 14.7. The average Bonchev–Trinajstić information content (AvgIpc) is 2.72. The Labute approximate surface area is 160 Å². The van der Waals surface area contributed by atoms with Crippen molar-refractivity contribution in [3.63, 3.8) is 0 Å². The van der Waals surface area contributed by atoms with Gasteiger partial charge in [-0.25, -0.2) is 30.7 Å². The summed E-state index contributed by atoms with van der Waals surface area (Å²) in [6.07, 6.45) is -1.20. The van der Waals surface area contributed by atoms with E-state index in [0.717, 1.165) is 19.1 Å². The van der Waals surface area contributed by atoms with Crippen LogP contribution in [0.15, 0.2) is 29.4 Å². The number of amides is 1. The van der Waals surface area contributed by atoms with Crippen molar-refractivity contribution in [3.8, 4) is 0 Å². The number of nitrogens with one attached hydrogen (secondary N) is 1. The Morgan fingerprint density at radius 1 is 0.966 bits per heavy atom. The summed E-state index contributed by atoms with van der Waals surface area (Å²) in [6.45, 7) is -0.0258. The molecule has 0 fully saturated rings. The van der Waals surface area contributed by atoms with E-state index in [1.807, 2.05) is 0 Å². The SMILES string of the molecule is C/C(=N/OC(CF)Cc1ccc(F)cc1)C(=O)Nc1c(F)c(F)c(F)c(F)c1F. The van der Waals surface area contributed by atoms with Gasteiger partial charge in [-0.05, 0) is 24.6 Å². The molecule has 2 aromatic carbocycles. The molecule has 1 amide bonds. The summed E-state index contributed by atoms with van der Waals surface area (Å²) in [4.78, 5) is 16.7. The van der Waals surface area contributed by atoms with Crippen LogP contribution in [0.5, 0.6) is 0 Å². The number of halogens is 7. The van der Waals surface area contributed by atoms with Crippen molar-refractivity contribution in [1.29, 1.82) is 0 Å². The quantitative estimate of drug-likeness (QED) is 0.236. The third-order valence-electron chi connectivity index (χ3n) is 3.66. The van der Waals surface area contributed by atoms with Gasteiger partial charge in [-0.2, -0.15) is 0 Å². The molecule has 0 aliphatic rings. The van der Waals surface area contributed by atoms with Crippen molar-refractivity contribution in [1.82, 2.24) is 0 Å². The molecule has 2 rings (SSSR count). The molecule has 0 aliphatic heterocycles. The molecule has 1 unspecified atom stereocenters. The van der Waals surface area contributed by atoms with E-state index >= 15 is 0 Å². The van der Waals surface area contributed by atoms with Crippen molar-refractivity contribution < 1.29 is 40.4 Å². The van der Waals surface area contributed by atoms with Gasteiger partial charge in [-0.1, -0.05) is 17.3 Å². The molecule has 29 heavy (non-hydrogen) atoms. The van der Waals surface area contributed by atoms with E-state index in [2.05, 4.69) is 5.16 Å². The molecular formula is C18H13F7N2O2. The second-order valence-corrected chi connectivity index (χ2v) is 5.79. The Morgan fingerprint density at radius 3 is 2.00 bits per heavy atom. The molecule has 1 atom stereocenters. The van der Waals surface area contributed by atoms with E-state index in [1.165, 1.54) is 17.4 Å². The third-order valence-corrected chi connectivity index (χ3v) is 3.66. The number of hydrogen-bond donors (Lipinski definition) is 1. The van der Waals surface area contributed by atoms with Crippen LogP contribution in [0, 0.1) is 34.9 Å². The van der Waals surface area contributed by atoms with Crippen molar-refractivity contribution in [3.05, 3.63) is 64.7 Å². The molecule has 0 aliphatic carbocycles. The number of carbonyl (C=O) groups is 1. The number of rotatable bonds is 7. The smallest absolute Gasteiger partial charge is 0.273 e. The Bertz CT molecular complexity index is 904. The fourth-order valence-electron chi connectivity index (χ4n) is 2.12. The van der Waals surface area contributed by atoms with Crippen LogP contribution in [-0.2, 0) is 16.1 Å². The Kier molecular flexibility index (Phi) is 7.18. The lowest BCUT2D eigenvalue weighted by atomic mass is 10.1. The van der Waals surface area contributed by atoms with Crippen molar-refractivity contribution in [2.45, 2.75) is 19.4 Å². The first-order chi connectivity index (χ1) is 13.6. The standard InChI is InChI=1S/C18H13F7N2O2/c1-8(27-29-11(7-19)6-9-2-4-10(20)5-3-9)18(28)26-17-15(24)13(22)12(21)14(23)16(17)25/h2-5,11H,6-7H2,1H3,(H,26,28)/b27-8-. The maximum Gasteiger partial charge on any atom is 0.273 e. The summed E-state index contributed by atoms with van der Waals surface area (Å²) in [5.74, 6) is -13.2. The maximum absolute atomic E-state index is 13.6.